The molecule has 0 atom stereocenters. The van der Waals surface area contributed by atoms with Crippen LogP contribution in [0.5, 0.6) is 0 Å². The lowest BCUT2D eigenvalue weighted by atomic mass is 10.2. The first-order valence-corrected chi connectivity index (χ1v) is 7.26. The van der Waals surface area contributed by atoms with E-state index in [0.29, 0.717) is 5.69 Å². The van der Waals surface area contributed by atoms with Gasteiger partial charge in [-0.1, -0.05) is 12.1 Å². The fraction of sp³-hybridized carbons (Fsp3) is 0.278. The SMILES string of the molecule is Cc1cccc(Nc2ccc(NC(=O)OC(C)(C)C)cc2)c1. The maximum atomic E-state index is 11.7. The molecule has 0 saturated carbocycles. The molecule has 0 bridgehead atoms. The average molecular weight is 298 g/mol. The van der Waals surface area contributed by atoms with Crippen LogP contribution in [0.4, 0.5) is 21.9 Å². The van der Waals surface area contributed by atoms with Crippen molar-refractivity contribution in [1.29, 1.82) is 0 Å². The second kappa shape index (κ2) is 6.52. The second-order valence-electron chi connectivity index (χ2n) is 6.20. The number of carbonyl (C=O) groups is 1. The van der Waals surface area contributed by atoms with Crippen molar-refractivity contribution in [3.05, 3.63) is 54.1 Å². The Bertz CT molecular complexity index is 643. The molecule has 2 aromatic carbocycles. The van der Waals surface area contributed by atoms with E-state index in [4.69, 9.17) is 4.74 Å². The van der Waals surface area contributed by atoms with E-state index < -0.39 is 11.7 Å². The Morgan fingerprint density at radius 3 is 2.18 bits per heavy atom. The summed E-state index contributed by atoms with van der Waals surface area (Å²) in [6.45, 7) is 7.56. The number of nitrogens with one attached hydrogen (secondary N) is 2. The van der Waals surface area contributed by atoms with Gasteiger partial charge < -0.3 is 10.1 Å². The molecular weight excluding hydrogens is 276 g/mol. The van der Waals surface area contributed by atoms with Crippen molar-refractivity contribution in [2.24, 2.45) is 0 Å². The Morgan fingerprint density at radius 2 is 1.59 bits per heavy atom. The Labute approximate surface area is 131 Å². The van der Waals surface area contributed by atoms with E-state index in [2.05, 4.69) is 29.7 Å². The molecule has 1 amide bonds. The van der Waals surface area contributed by atoms with Crippen LogP contribution in [-0.2, 0) is 4.74 Å². The number of hydrogen-bond donors (Lipinski definition) is 2. The van der Waals surface area contributed by atoms with Gasteiger partial charge in [-0.15, -0.1) is 0 Å². The molecule has 2 rings (SSSR count). The Morgan fingerprint density at radius 1 is 0.955 bits per heavy atom. The van der Waals surface area contributed by atoms with Crippen LogP contribution in [0.2, 0.25) is 0 Å². The molecule has 4 nitrogen and oxygen atoms in total. The quantitative estimate of drug-likeness (QED) is 0.830. The van der Waals surface area contributed by atoms with Gasteiger partial charge in [0.1, 0.15) is 5.60 Å². The molecule has 0 aromatic heterocycles. The summed E-state index contributed by atoms with van der Waals surface area (Å²) in [6, 6.07) is 15.6. The normalized spacial score (nSPS) is 10.9. The summed E-state index contributed by atoms with van der Waals surface area (Å²) in [6.07, 6.45) is -0.452. The molecule has 2 N–H and O–H groups in total. The van der Waals surface area contributed by atoms with Crippen LogP contribution < -0.4 is 10.6 Å². The van der Waals surface area contributed by atoms with Gasteiger partial charge >= 0.3 is 6.09 Å². The van der Waals surface area contributed by atoms with Gasteiger partial charge in [0.15, 0.2) is 0 Å². The third kappa shape index (κ3) is 5.13. The van der Waals surface area contributed by atoms with Gasteiger partial charge in [-0.3, -0.25) is 5.32 Å². The van der Waals surface area contributed by atoms with E-state index in [1.54, 1.807) is 0 Å². The number of anilines is 3. The van der Waals surface area contributed by atoms with Crippen LogP contribution in [0.1, 0.15) is 26.3 Å². The van der Waals surface area contributed by atoms with Crippen LogP contribution in [0.25, 0.3) is 0 Å². The number of hydrogen-bond acceptors (Lipinski definition) is 3. The summed E-state index contributed by atoms with van der Waals surface area (Å²) < 4.78 is 5.22. The molecule has 0 saturated heterocycles. The van der Waals surface area contributed by atoms with Crippen molar-refractivity contribution in [2.75, 3.05) is 10.6 Å². The van der Waals surface area contributed by atoms with Crippen molar-refractivity contribution in [3.8, 4) is 0 Å². The van der Waals surface area contributed by atoms with Crippen molar-refractivity contribution in [2.45, 2.75) is 33.3 Å². The van der Waals surface area contributed by atoms with E-state index in [1.807, 2.05) is 57.2 Å². The molecule has 22 heavy (non-hydrogen) atoms. The molecule has 4 heteroatoms. The number of rotatable bonds is 3. The zero-order chi connectivity index (χ0) is 16.2. The maximum absolute atomic E-state index is 11.7. The van der Waals surface area contributed by atoms with E-state index in [0.717, 1.165) is 11.4 Å². The van der Waals surface area contributed by atoms with Crippen molar-refractivity contribution >= 4 is 23.2 Å². The lowest BCUT2D eigenvalue weighted by molar-refractivity contribution is 0.0636. The van der Waals surface area contributed by atoms with Crippen LogP contribution in [0.15, 0.2) is 48.5 Å². The molecule has 0 fully saturated rings. The van der Waals surface area contributed by atoms with Crippen molar-refractivity contribution in [3.63, 3.8) is 0 Å². The summed E-state index contributed by atoms with van der Waals surface area (Å²) in [5, 5.41) is 6.03. The van der Waals surface area contributed by atoms with Gasteiger partial charge in [-0.2, -0.15) is 0 Å². The van der Waals surface area contributed by atoms with E-state index in [9.17, 15) is 4.79 Å². The van der Waals surface area contributed by atoms with Crippen molar-refractivity contribution in [1.82, 2.24) is 0 Å². The molecule has 116 valence electrons. The summed E-state index contributed by atoms with van der Waals surface area (Å²) in [5.41, 5.74) is 3.39. The largest absolute Gasteiger partial charge is 0.444 e. The van der Waals surface area contributed by atoms with Gasteiger partial charge in [0.2, 0.25) is 0 Å². The minimum Gasteiger partial charge on any atom is -0.444 e. The molecule has 0 heterocycles. The predicted octanol–water partition coefficient (Wildman–Crippen LogP) is 5.09. The van der Waals surface area contributed by atoms with Crippen LogP contribution >= 0.6 is 0 Å². The Kier molecular flexibility index (Phi) is 4.71. The zero-order valence-corrected chi connectivity index (χ0v) is 13.4. The fourth-order valence-corrected chi connectivity index (χ4v) is 1.95. The van der Waals surface area contributed by atoms with Crippen LogP contribution in [0.3, 0.4) is 0 Å². The van der Waals surface area contributed by atoms with Crippen molar-refractivity contribution < 1.29 is 9.53 Å². The lowest BCUT2D eigenvalue weighted by Crippen LogP contribution is -2.27. The monoisotopic (exact) mass is 298 g/mol. The van der Waals surface area contributed by atoms with Gasteiger partial charge in [-0.25, -0.2) is 4.79 Å². The highest BCUT2D eigenvalue weighted by Crippen LogP contribution is 2.20. The minimum atomic E-state index is -0.503. The topological polar surface area (TPSA) is 50.4 Å². The van der Waals surface area contributed by atoms with Gasteiger partial charge in [0.25, 0.3) is 0 Å². The highest BCUT2D eigenvalue weighted by Gasteiger charge is 2.15. The average Bonchev–Trinajstić information content (AvgIpc) is 2.39. The summed E-state index contributed by atoms with van der Waals surface area (Å²) in [5.74, 6) is 0. The van der Waals surface area contributed by atoms with Crippen LogP contribution in [-0.4, -0.2) is 11.7 Å². The summed E-state index contributed by atoms with van der Waals surface area (Å²) >= 11 is 0. The smallest absolute Gasteiger partial charge is 0.412 e. The third-order valence-electron chi connectivity index (χ3n) is 2.84. The number of ether oxygens (including phenoxy) is 1. The number of amides is 1. The highest BCUT2D eigenvalue weighted by molar-refractivity contribution is 5.85. The number of benzene rings is 2. The number of carbonyl (C=O) groups excluding carboxylic acids is 1. The van der Waals surface area contributed by atoms with E-state index in [-0.39, 0.29) is 0 Å². The molecule has 0 aliphatic carbocycles. The molecule has 0 aliphatic heterocycles. The van der Waals surface area contributed by atoms with Gasteiger partial charge in [0, 0.05) is 17.1 Å². The first kappa shape index (κ1) is 15.9. The highest BCUT2D eigenvalue weighted by atomic mass is 16.6. The third-order valence-corrected chi connectivity index (χ3v) is 2.84. The first-order chi connectivity index (χ1) is 10.3. The van der Waals surface area contributed by atoms with E-state index >= 15 is 0 Å². The predicted molar refractivity (Wildman–Crippen MR) is 90.8 cm³/mol. The van der Waals surface area contributed by atoms with Crippen LogP contribution in [0, 0.1) is 6.92 Å². The first-order valence-electron chi connectivity index (χ1n) is 7.26. The summed E-state index contributed by atoms with van der Waals surface area (Å²) in [7, 11) is 0. The molecule has 0 spiro atoms. The second-order valence-corrected chi connectivity index (χ2v) is 6.20. The summed E-state index contributed by atoms with van der Waals surface area (Å²) in [4.78, 5) is 11.7. The van der Waals surface area contributed by atoms with Gasteiger partial charge in [0.05, 0.1) is 0 Å². The Balaban J connectivity index is 1.97. The Hall–Kier alpha value is -2.49. The lowest BCUT2D eigenvalue weighted by Gasteiger charge is -2.19. The van der Waals surface area contributed by atoms with Gasteiger partial charge in [-0.05, 0) is 69.7 Å². The number of aryl methyl sites for hydroxylation is 1. The minimum absolute atomic E-state index is 0.452. The maximum Gasteiger partial charge on any atom is 0.412 e. The molecule has 0 radical (unpaired) electrons. The molecular formula is C18H22N2O2. The van der Waals surface area contributed by atoms with E-state index in [1.165, 1.54) is 5.56 Å². The zero-order valence-electron chi connectivity index (χ0n) is 13.4. The molecule has 0 aliphatic rings. The standard InChI is InChI=1S/C18H22N2O2/c1-13-6-5-7-16(12-13)19-14-8-10-15(11-9-14)20-17(21)22-18(2,3)4/h5-12,19H,1-4H3,(H,20,21). The molecule has 0 unspecified atom stereocenters. The fourth-order valence-electron chi connectivity index (χ4n) is 1.95. The molecule has 2 aromatic rings.